The fraction of sp³-hybridized carbons (Fsp3) is 0.667. The van der Waals surface area contributed by atoms with Crippen LogP contribution in [0.15, 0.2) is 4.79 Å². The first-order valence-corrected chi connectivity index (χ1v) is 5.88. The van der Waals surface area contributed by atoms with Crippen LogP contribution in [0.5, 0.6) is 0 Å². The normalized spacial score (nSPS) is 32.2. The maximum atomic E-state index is 11.7. The molecule has 0 spiro atoms. The van der Waals surface area contributed by atoms with Gasteiger partial charge >= 0.3 is 0 Å². The molecular formula is C12H16N2O2. The molecule has 2 bridgehead atoms. The van der Waals surface area contributed by atoms with Gasteiger partial charge in [-0.2, -0.15) is 0 Å². The lowest BCUT2D eigenvalue weighted by molar-refractivity contribution is 0.0998. The molecule has 1 N–H and O–H groups in total. The molecule has 0 saturated carbocycles. The summed E-state index contributed by atoms with van der Waals surface area (Å²) in [7, 11) is 0. The van der Waals surface area contributed by atoms with Crippen molar-refractivity contribution in [1.82, 2.24) is 9.97 Å². The number of ether oxygens (including phenoxy) is 1. The highest BCUT2D eigenvalue weighted by atomic mass is 16.5. The van der Waals surface area contributed by atoms with E-state index in [-0.39, 0.29) is 11.7 Å². The van der Waals surface area contributed by atoms with Crippen molar-refractivity contribution in [3.63, 3.8) is 0 Å². The van der Waals surface area contributed by atoms with E-state index in [4.69, 9.17) is 4.74 Å². The minimum Gasteiger partial charge on any atom is -0.374 e. The molecule has 0 aromatic carbocycles. The number of nitrogens with zero attached hydrogens (tertiary/aromatic N) is 1. The Balaban J connectivity index is 1.99. The van der Waals surface area contributed by atoms with Crippen molar-refractivity contribution in [1.29, 1.82) is 0 Å². The first-order chi connectivity index (χ1) is 7.65. The molecule has 3 unspecified atom stereocenters. The zero-order valence-corrected chi connectivity index (χ0v) is 9.62. The molecule has 1 aromatic heterocycles. The molecule has 1 aromatic rings. The number of aromatic amines is 1. The standard InChI is InChI=1S/C12H16N2O2/c1-6-7(2)13-11(14-12(6)15)9-5-8-3-4-10(9)16-8/h8-10H,3-5H2,1-2H3,(H,13,14,15). The average molecular weight is 220 g/mol. The van der Waals surface area contributed by atoms with Crippen LogP contribution in [-0.2, 0) is 4.74 Å². The highest BCUT2D eigenvalue weighted by Gasteiger charge is 2.42. The minimum absolute atomic E-state index is 0.00901. The number of aromatic nitrogens is 2. The number of aryl methyl sites for hydroxylation is 1. The monoisotopic (exact) mass is 220 g/mol. The lowest BCUT2D eigenvalue weighted by atomic mass is 9.88. The first-order valence-electron chi connectivity index (χ1n) is 5.88. The lowest BCUT2D eigenvalue weighted by Gasteiger charge is -2.18. The van der Waals surface area contributed by atoms with E-state index in [2.05, 4.69) is 9.97 Å². The van der Waals surface area contributed by atoms with Crippen LogP contribution in [0.25, 0.3) is 0 Å². The Morgan fingerprint density at radius 2 is 2.19 bits per heavy atom. The van der Waals surface area contributed by atoms with Crippen molar-refractivity contribution in [2.24, 2.45) is 0 Å². The van der Waals surface area contributed by atoms with E-state index in [9.17, 15) is 4.79 Å². The summed E-state index contributed by atoms with van der Waals surface area (Å²) in [6.45, 7) is 3.70. The highest BCUT2D eigenvalue weighted by Crippen LogP contribution is 2.43. The Bertz CT molecular complexity index is 480. The topological polar surface area (TPSA) is 55.0 Å². The number of H-pyrrole nitrogens is 1. The second-order valence-electron chi connectivity index (χ2n) is 4.88. The van der Waals surface area contributed by atoms with Crippen molar-refractivity contribution in [2.75, 3.05) is 0 Å². The fourth-order valence-corrected chi connectivity index (χ4v) is 2.77. The van der Waals surface area contributed by atoms with Gasteiger partial charge in [-0.05, 0) is 33.1 Å². The number of hydrogen-bond acceptors (Lipinski definition) is 3. The predicted molar refractivity (Wildman–Crippen MR) is 59.6 cm³/mol. The Morgan fingerprint density at radius 3 is 2.75 bits per heavy atom. The van der Waals surface area contributed by atoms with Gasteiger partial charge in [0.05, 0.1) is 12.2 Å². The lowest BCUT2D eigenvalue weighted by Crippen LogP contribution is -2.23. The molecule has 3 atom stereocenters. The Hall–Kier alpha value is -1.16. The van der Waals surface area contributed by atoms with Gasteiger partial charge in [0.15, 0.2) is 0 Å². The van der Waals surface area contributed by atoms with Gasteiger partial charge in [0, 0.05) is 17.2 Å². The predicted octanol–water partition coefficient (Wildman–Crippen LogP) is 1.42. The zero-order chi connectivity index (χ0) is 11.3. The summed E-state index contributed by atoms with van der Waals surface area (Å²) in [6.07, 6.45) is 3.94. The molecular weight excluding hydrogens is 204 g/mol. The molecule has 2 aliphatic heterocycles. The van der Waals surface area contributed by atoms with E-state index in [0.29, 0.717) is 17.6 Å². The Kier molecular flexibility index (Phi) is 2.14. The third-order valence-corrected chi connectivity index (χ3v) is 3.87. The van der Waals surface area contributed by atoms with Gasteiger partial charge in [-0.25, -0.2) is 4.98 Å². The van der Waals surface area contributed by atoms with E-state index >= 15 is 0 Å². The van der Waals surface area contributed by atoms with Gasteiger partial charge in [-0.3, -0.25) is 4.79 Å². The third-order valence-electron chi connectivity index (χ3n) is 3.87. The molecule has 2 fully saturated rings. The summed E-state index contributed by atoms with van der Waals surface area (Å²) >= 11 is 0. The summed E-state index contributed by atoms with van der Waals surface area (Å²) in [6, 6.07) is 0. The third kappa shape index (κ3) is 1.40. The Labute approximate surface area is 94.1 Å². The number of nitrogens with one attached hydrogen (secondary N) is 1. The summed E-state index contributed by atoms with van der Waals surface area (Å²) in [5, 5.41) is 0. The molecule has 16 heavy (non-hydrogen) atoms. The van der Waals surface area contributed by atoms with Gasteiger partial charge in [-0.1, -0.05) is 0 Å². The van der Waals surface area contributed by atoms with E-state index < -0.39 is 0 Å². The van der Waals surface area contributed by atoms with Crippen LogP contribution in [0, 0.1) is 13.8 Å². The van der Waals surface area contributed by atoms with Crippen molar-refractivity contribution < 1.29 is 4.74 Å². The summed E-state index contributed by atoms with van der Waals surface area (Å²) < 4.78 is 5.79. The summed E-state index contributed by atoms with van der Waals surface area (Å²) in [5.74, 6) is 1.12. The molecule has 0 amide bonds. The average Bonchev–Trinajstić information content (AvgIpc) is 2.86. The van der Waals surface area contributed by atoms with Crippen LogP contribution in [0.1, 0.15) is 42.3 Å². The van der Waals surface area contributed by atoms with Crippen LogP contribution in [-0.4, -0.2) is 22.2 Å². The smallest absolute Gasteiger partial charge is 0.254 e. The molecule has 4 heteroatoms. The second kappa shape index (κ2) is 3.42. The molecule has 0 aliphatic carbocycles. The molecule has 0 radical (unpaired) electrons. The Morgan fingerprint density at radius 1 is 1.38 bits per heavy atom. The quantitative estimate of drug-likeness (QED) is 0.778. The van der Waals surface area contributed by atoms with Crippen LogP contribution >= 0.6 is 0 Å². The van der Waals surface area contributed by atoms with E-state index in [1.54, 1.807) is 0 Å². The first kappa shape index (κ1) is 10.0. The van der Waals surface area contributed by atoms with Gasteiger partial charge < -0.3 is 9.72 Å². The van der Waals surface area contributed by atoms with Gasteiger partial charge in [0.25, 0.3) is 5.56 Å². The SMILES string of the molecule is Cc1nc(C2CC3CCC2O3)[nH]c(=O)c1C. The van der Waals surface area contributed by atoms with Crippen LogP contribution < -0.4 is 5.56 Å². The van der Waals surface area contributed by atoms with Crippen LogP contribution in [0.4, 0.5) is 0 Å². The van der Waals surface area contributed by atoms with E-state index in [1.165, 1.54) is 0 Å². The maximum absolute atomic E-state index is 11.7. The number of hydrogen-bond donors (Lipinski definition) is 1. The maximum Gasteiger partial charge on any atom is 0.254 e. The fourth-order valence-electron chi connectivity index (χ4n) is 2.77. The second-order valence-corrected chi connectivity index (χ2v) is 4.88. The van der Waals surface area contributed by atoms with E-state index in [0.717, 1.165) is 30.8 Å². The number of fused-ring (bicyclic) bond motifs is 2. The summed E-state index contributed by atoms with van der Waals surface area (Å²) in [5.41, 5.74) is 1.54. The molecule has 3 rings (SSSR count). The van der Waals surface area contributed by atoms with Gasteiger partial charge in [-0.15, -0.1) is 0 Å². The zero-order valence-electron chi connectivity index (χ0n) is 9.62. The summed E-state index contributed by atoms with van der Waals surface area (Å²) in [4.78, 5) is 19.1. The van der Waals surface area contributed by atoms with Crippen molar-refractivity contribution in [3.05, 3.63) is 27.4 Å². The van der Waals surface area contributed by atoms with Gasteiger partial charge in [0.1, 0.15) is 5.82 Å². The largest absolute Gasteiger partial charge is 0.374 e. The molecule has 86 valence electrons. The highest BCUT2D eigenvalue weighted by molar-refractivity contribution is 5.17. The molecule has 2 aliphatic rings. The minimum atomic E-state index is -0.00901. The van der Waals surface area contributed by atoms with Crippen molar-refractivity contribution in [2.45, 2.75) is 51.2 Å². The van der Waals surface area contributed by atoms with Crippen molar-refractivity contribution >= 4 is 0 Å². The van der Waals surface area contributed by atoms with Crippen LogP contribution in [0.3, 0.4) is 0 Å². The van der Waals surface area contributed by atoms with Gasteiger partial charge in [0.2, 0.25) is 0 Å². The number of rotatable bonds is 1. The van der Waals surface area contributed by atoms with Crippen molar-refractivity contribution in [3.8, 4) is 0 Å². The molecule has 4 nitrogen and oxygen atoms in total. The van der Waals surface area contributed by atoms with E-state index in [1.807, 2.05) is 13.8 Å². The molecule has 3 heterocycles. The molecule has 2 saturated heterocycles. The van der Waals surface area contributed by atoms with Crippen LogP contribution in [0.2, 0.25) is 0 Å².